The Labute approximate surface area is 145 Å². The van der Waals surface area contributed by atoms with E-state index in [1.54, 1.807) is 7.11 Å². The lowest BCUT2D eigenvalue weighted by molar-refractivity contribution is -0.121. The van der Waals surface area contributed by atoms with Crippen LogP contribution in [0.2, 0.25) is 0 Å². The average molecular weight is 337 g/mol. The highest BCUT2D eigenvalue weighted by Gasteiger charge is 2.08. The minimum Gasteiger partial charge on any atom is -0.496 e. The Balaban J connectivity index is 2.49. The van der Waals surface area contributed by atoms with Crippen molar-refractivity contribution in [3.05, 3.63) is 23.8 Å². The molecule has 24 heavy (non-hydrogen) atoms. The highest BCUT2D eigenvalue weighted by Crippen LogP contribution is 2.25. The molecule has 0 fully saturated rings. The van der Waals surface area contributed by atoms with Gasteiger partial charge in [-0.15, -0.1) is 0 Å². The van der Waals surface area contributed by atoms with Gasteiger partial charge in [-0.3, -0.25) is 4.79 Å². The smallest absolute Gasteiger partial charge is 0.220 e. The van der Waals surface area contributed by atoms with E-state index in [9.17, 15) is 4.79 Å². The van der Waals surface area contributed by atoms with Crippen molar-refractivity contribution in [2.24, 2.45) is 0 Å². The van der Waals surface area contributed by atoms with E-state index in [0.717, 1.165) is 36.7 Å². The first-order chi connectivity index (χ1) is 11.6. The first-order valence-corrected chi connectivity index (χ1v) is 8.50. The zero-order valence-electron chi connectivity index (χ0n) is 15.4. The first kappa shape index (κ1) is 20.3. The summed E-state index contributed by atoms with van der Waals surface area (Å²) in [6.07, 6.45) is 1.18. The van der Waals surface area contributed by atoms with Gasteiger partial charge in [0.15, 0.2) is 0 Å². The van der Waals surface area contributed by atoms with Crippen molar-refractivity contribution < 1.29 is 14.3 Å². The molecule has 0 spiro atoms. The molecule has 6 nitrogen and oxygen atoms in total. The van der Waals surface area contributed by atoms with Gasteiger partial charge >= 0.3 is 0 Å². The van der Waals surface area contributed by atoms with E-state index < -0.39 is 0 Å². The molecule has 0 aromatic heterocycles. The second kappa shape index (κ2) is 11.7. The molecule has 0 radical (unpaired) electrons. The molecule has 0 unspecified atom stereocenters. The summed E-state index contributed by atoms with van der Waals surface area (Å²) in [6, 6.07) is 5.90. The van der Waals surface area contributed by atoms with Crippen LogP contribution in [0.15, 0.2) is 18.2 Å². The maximum Gasteiger partial charge on any atom is 0.220 e. The predicted molar refractivity (Wildman–Crippen MR) is 96.7 cm³/mol. The standard InChI is InChI=1S/C18H31N3O3/c1-5-20-18(22)7-6-12-24-16-9-8-15(17(13-16)23-4)14-21(3)11-10-19-2/h8-9,13,19H,5-7,10-12,14H2,1-4H3,(H,20,22). The van der Waals surface area contributed by atoms with E-state index in [2.05, 4.69) is 22.6 Å². The van der Waals surface area contributed by atoms with Crippen LogP contribution in [0.1, 0.15) is 25.3 Å². The number of hydrogen-bond acceptors (Lipinski definition) is 5. The molecule has 1 amide bonds. The van der Waals surface area contributed by atoms with Crippen LogP contribution in [0.3, 0.4) is 0 Å². The number of rotatable bonds is 12. The molecule has 2 N–H and O–H groups in total. The van der Waals surface area contributed by atoms with Crippen LogP contribution in [0.4, 0.5) is 0 Å². The quantitative estimate of drug-likeness (QED) is 0.568. The lowest BCUT2D eigenvalue weighted by Gasteiger charge is -2.19. The van der Waals surface area contributed by atoms with Gasteiger partial charge < -0.3 is 25.0 Å². The van der Waals surface area contributed by atoms with Gasteiger partial charge in [-0.1, -0.05) is 6.07 Å². The monoisotopic (exact) mass is 337 g/mol. The van der Waals surface area contributed by atoms with Crippen LogP contribution in [-0.4, -0.2) is 58.3 Å². The highest BCUT2D eigenvalue weighted by atomic mass is 16.5. The molecule has 1 rings (SSSR count). The molecule has 0 saturated carbocycles. The van der Waals surface area contributed by atoms with Gasteiger partial charge in [-0.05, 0) is 33.5 Å². The Morgan fingerprint density at radius 3 is 2.79 bits per heavy atom. The summed E-state index contributed by atoms with van der Waals surface area (Å²) in [4.78, 5) is 13.6. The number of carbonyl (C=O) groups is 1. The maximum absolute atomic E-state index is 11.4. The van der Waals surface area contributed by atoms with E-state index >= 15 is 0 Å². The topological polar surface area (TPSA) is 62.8 Å². The molecule has 0 saturated heterocycles. The molecule has 0 atom stereocenters. The zero-order chi connectivity index (χ0) is 17.8. The van der Waals surface area contributed by atoms with Gasteiger partial charge in [0.2, 0.25) is 5.91 Å². The predicted octanol–water partition coefficient (Wildman–Crippen LogP) is 1.64. The van der Waals surface area contributed by atoms with Crippen molar-refractivity contribution >= 4 is 5.91 Å². The molecular weight excluding hydrogens is 306 g/mol. The third kappa shape index (κ3) is 7.66. The van der Waals surface area contributed by atoms with Crippen molar-refractivity contribution in [2.75, 3.05) is 47.4 Å². The Morgan fingerprint density at radius 2 is 2.12 bits per heavy atom. The average Bonchev–Trinajstić information content (AvgIpc) is 2.58. The first-order valence-electron chi connectivity index (χ1n) is 8.50. The molecule has 1 aromatic carbocycles. The zero-order valence-corrected chi connectivity index (χ0v) is 15.4. The van der Waals surface area contributed by atoms with Crippen molar-refractivity contribution in [1.29, 1.82) is 0 Å². The van der Waals surface area contributed by atoms with Gasteiger partial charge in [0.25, 0.3) is 0 Å². The van der Waals surface area contributed by atoms with Crippen LogP contribution in [0.25, 0.3) is 0 Å². The number of ether oxygens (including phenoxy) is 2. The van der Waals surface area contributed by atoms with Crippen LogP contribution < -0.4 is 20.1 Å². The molecule has 1 aromatic rings. The third-order valence-electron chi connectivity index (χ3n) is 3.63. The molecule has 0 bridgehead atoms. The fraction of sp³-hybridized carbons (Fsp3) is 0.611. The minimum absolute atomic E-state index is 0.0682. The minimum atomic E-state index is 0.0682. The number of methoxy groups -OCH3 is 1. The molecule has 0 aliphatic heterocycles. The second-order valence-electron chi connectivity index (χ2n) is 5.72. The van der Waals surface area contributed by atoms with Gasteiger partial charge in [0.1, 0.15) is 11.5 Å². The van der Waals surface area contributed by atoms with Gasteiger partial charge in [-0.25, -0.2) is 0 Å². The number of nitrogens with zero attached hydrogens (tertiary/aromatic N) is 1. The summed E-state index contributed by atoms with van der Waals surface area (Å²) < 4.78 is 11.2. The number of carbonyl (C=O) groups excluding carboxylic acids is 1. The van der Waals surface area contributed by atoms with Crippen molar-refractivity contribution in [3.63, 3.8) is 0 Å². The Bertz CT molecular complexity index is 494. The van der Waals surface area contributed by atoms with E-state index in [1.807, 2.05) is 32.2 Å². The van der Waals surface area contributed by atoms with E-state index in [1.165, 1.54) is 0 Å². The Hall–Kier alpha value is -1.79. The van der Waals surface area contributed by atoms with E-state index in [0.29, 0.717) is 26.0 Å². The fourth-order valence-electron chi connectivity index (χ4n) is 2.33. The third-order valence-corrected chi connectivity index (χ3v) is 3.63. The number of likely N-dealkylation sites (N-methyl/N-ethyl adjacent to an activating group) is 2. The summed E-state index contributed by atoms with van der Waals surface area (Å²) in [5.41, 5.74) is 1.13. The Morgan fingerprint density at radius 1 is 1.33 bits per heavy atom. The van der Waals surface area contributed by atoms with E-state index in [-0.39, 0.29) is 5.91 Å². The van der Waals surface area contributed by atoms with Crippen molar-refractivity contribution in [3.8, 4) is 11.5 Å². The normalized spacial score (nSPS) is 10.7. The Kier molecular flexibility index (Phi) is 9.88. The molecule has 0 aliphatic carbocycles. The van der Waals surface area contributed by atoms with Crippen molar-refractivity contribution in [1.82, 2.24) is 15.5 Å². The number of hydrogen-bond donors (Lipinski definition) is 2. The van der Waals surface area contributed by atoms with Gasteiger partial charge in [0, 0.05) is 44.2 Å². The van der Waals surface area contributed by atoms with Crippen molar-refractivity contribution in [2.45, 2.75) is 26.3 Å². The van der Waals surface area contributed by atoms with E-state index in [4.69, 9.17) is 9.47 Å². The van der Waals surface area contributed by atoms with Crippen LogP contribution in [-0.2, 0) is 11.3 Å². The fourth-order valence-corrected chi connectivity index (χ4v) is 2.33. The van der Waals surface area contributed by atoms with Crippen LogP contribution in [0, 0.1) is 0 Å². The van der Waals surface area contributed by atoms with Crippen LogP contribution >= 0.6 is 0 Å². The number of amides is 1. The summed E-state index contributed by atoms with van der Waals surface area (Å²) in [6.45, 7) is 5.84. The summed E-state index contributed by atoms with van der Waals surface area (Å²) >= 11 is 0. The largest absolute Gasteiger partial charge is 0.496 e. The SMILES string of the molecule is CCNC(=O)CCCOc1ccc(CN(C)CCNC)c(OC)c1. The van der Waals surface area contributed by atoms with Gasteiger partial charge in [0.05, 0.1) is 13.7 Å². The lowest BCUT2D eigenvalue weighted by Crippen LogP contribution is -2.27. The number of benzene rings is 1. The number of nitrogens with one attached hydrogen (secondary N) is 2. The molecule has 0 aliphatic rings. The highest BCUT2D eigenvalue weighted by molar-refractivity contribution is 5.75. The summed E-state index contributed by atoms with van der Waals surface area (Å²) in [7, 11) is 5.71. The summed E-state index contributed by atoms with van der Waals surface area (Å²) in [5, 5.41) is 5.92. The van der Waals surface area contributed by atoms with Gasteiger partial charge in [-0.2, -0.15) is 0 Å². The molecule has 136 valence electrons. The maximum atomic E-state index is 11.4. The summed E-state index contributed by atoms with van der Waals surface area (Å²) in [5.74, 6) is 1.66. The van der Waals surface area contributed by atoms with Crippen LogP contribution in [0.5, 0.6) is 11.5 Å². The second-order valence-corrected chi connectivity index (χ2v) is 5.72. The molecule has 6 heteroatoms. The molecule has 0 heterocycles. The lowest BCUT2D eigenvalue weighted by atomic mass is 10.1. The molecular formula is C18H31N3O3.